The molecule has 0 bridgehead atoms. The Bertz CT molecular complexity index is 1060. The van der Waals surface area contributed by atoms with Crippen molar-refractivity contribution in [3.05, 3.63) is 83.5 Å². The maximum atomic E-state index is 12.3. The number of carbonyl (C=O) groups excluding carboxylic acids is 2. The summed E-state index contributed by atoms with van der Waals surface area (Å²) in [6.45, 7) is 0. The molecule has 0 unspecified atom stereocenters. The van der Waals surface area contributed by atoms with Gasteiger partial charge in [0.05, 0.1) is 16.5 Å². The molecule has 3 aromatic rings. The summed E-state index contributed by atoms with van der Waals surface area (Å²) in [6.07, 6.45) is 4.49. The zero-order valence-electron chi connectivity index (χ0n) is 15.7. The van der Waals surface area contributed by atoms with Crippen LogP contribution in [0.2, 0.25) is 5.02 Å². The van der Waals surface area contributed by atoms with Crippen molar-refractivity contribution in [3.63, 3.8) is 0 Å². The van der Waals surface area contributed by atoms with Crippen LogP contribution in [0.3, 0.4) is 0 Å². The molecule has 2 amide bonds. The topological polar surface area (TPSA) is 91.3 Å². The number of anilines is 1. The number of pyridine rings is 1. The SMILES string of the molecule is O=C(/C=C/c1ccc(SCC(=O)Nc2ccc(Cl)c(-c3ccccn3)c2)cc1)NO. The smallest absolute Gasteiger partial charge is 0.267 e. The van der Waals surface area contributed by atoms with Gasteiger partial charge in [-0.1, -0.05) is 29.8 Å². The third-order valence-corrected chi connectivity index (χ3v) is 5.32. The second-order valence-electron chi connectivity index (χ2n) is 6.12. The fraction of sp³-hybridized carbons (Fsp3) is 0.0455. The van der Waals surface area contributed by atoms with E-state index in [1.165, 1.54) is 23.3 Å². The van der Waals surface area contributed by atoms with Crippen LogP contribution in [0.1, 0.15) is 5.56 Å². The van der Waals surface area contributed by atoms with Crippen LogP contribution in [-0.4, -0.2) is 27.8 Å². The number of hydrogen-bond donors (Lipinski definition) is 3. The average Bonchev–Trinajstić information content (AvgIpc) is 2.78. The summed E-state index contributed by atoms with van der Waals surface area (Å²) in [5.41, 5.74) is 4.46. The molecule has 2 aromatic carbocycles. The minimum atomic E-state index is -0.599. The van der Waals surface area contributed by atoms with Crippen molar-refractivity contribution in [1.29, 1.82) is 0 Å². The maximum absolute atomic E-state index is 12.3. The van der Waals surface area contributed by atoms with E-state index >= 15 is 0 Å². The molecule has 0 aliphatic carbocycles. The molecule has 3 N–H and O–H groups in total. The van der Waals surface area contributed by atoms with Crippen LogP contribution >= 0.6 is 23.4 Å². The molecule has 3 rings (SSSR count). The Hall–Kier alpha value is -3.13. The van der Waals surface area contributed by atoms with Crippen molar-refractivity contribution in [1.82, 2.24) is 10.5 Å². The quantitative estimate of drug-likeness (QED) is 0.216. The van der Waals surface area contributed by atoms with E-state index in [9.17, 15) is 9.59 Å². The van der Waals surface area contributed by atoms with E-state index in [0.29, 0.717) is 10.7 Å². The van der Waals surface area contributed by atoms with Crippen molar-refractivity contribution in [2.45, 2.75) is 4.90 Å². The standard InChI is InChI=1S/C22H18ClN3O3S/c23-19-10-7-16(13-18(19)20-3-1-2-12-24-20)25-22(28)14-30-17-8-4-15(5-9-17)6-11-21(27)26-29/h1-13,29H,14H2,(H,25,28)(H,26,27)/b11-6+. The summed E-state index contributed by atoms with van der Waals surface area (Å²) in [5.74, 6) is -0.500. The van der Waals surface area contributed by atoms with Crippen molar-refractivity contribution in [2.75, 3.05) is 11.1 Å². The van der Waals surface area contributed by atoms with Gasteiger partial charge in [0.1, 0.15) is 0 Å². The van der Waals surface area contributed by atoms with Gasteiger partial charge in [-0.2, -0.15) is 0 Å². The first-order valence-electron chi connectivity index (χ1n) is 8.91. The summed E-state index contributed by atoms with van der Waals surface area (Å²) < 4.78 is 0. The Balaban J connectivity index is 1.57. The first-order valence-corrected chi connectivity index (χ1v) is 10.3. The van der Waals surface area contributed by atoms with Crippen LogP contribution in [-0.2, 0) is 9.59 Å². The molecule has 0 saturated carbocycles. The normalized spacial score (nSPS) is 10.7. The molecule has 152 valence electrons. The Morgan fingerprint density at radius 2 is 1.90 bits per heavy atom. The number of amides is 2. The van der Waals surface area contributed by atoms with Gasteiger partial charge in [0, 0.05) is 28.4 Å². The number of benzene rings is 2. The second kappa shape index (κ2) is 10.6. The zero-order chi connectivity index (χ0) is 21.3. The number of nitrogens with one attached hydrogen (secondary N) is 2. The van der Waals surface area contributed by atoms with E-state index in [0.717, 1.165) is 21.7 Å². The molecule has 8 heteroatoms. The number of halogens is 1. The highest BCUT2D eigenvalue weighted by molar-refractivity contribution is 8.00. The van der Waals surface area contributed by atoms with Crippen LogP contribution < -0.4 is 10.8 Å². The molecule has 1 heterocycles. The molecular weight excluding hydrogens is 422 g/mol. The van der Waals surface area contributed by atoms with Crippen molar-refractivity contribution >= 4 is 46.9 Å². The largest absolute Gasteiger partial charge is 0.325 e. The lowest BCUT2D eigenvalue weighted by atomic mass is 10.1. The molecular formula is C22H18ClN3O3S. The summed E-state index contributed by atoms with van der Waals surface area (Å²) in [5, 5.41) is 11.9. The summed E-state index contributed by atoms with van der Waals surface area (Å²) in [6, 6.07) is 18.2. The third kappa shape index (κ3) is 6.18. The zero-order valence-corrected chi connectivity index (χ0v) is 17.3. The van der Waals surface area contributed by atoms with Crippen LogP contribution in [0.25, 0.3) is 17.3 Å². The van der Waals surface area contributed by atoms with Gasteiger partial charge in [0.15, 0.2) is 0 Å². The fourth-order valence-corrected chi connectivity index (χ4v) is 3.46. The van der Waals surface area contributed by atoms with Gasteiger partial charge < -0.3 is 5.32 Å². The predicted molar refractivity (Wildman–Crippen MR) is 119 cm³/mol. The van der Waals surface area contributed by atoms with Crippen molar-refractivity contribution < 1.29 is 14.8 Å². The van der Waals surface area contributed by atoms with Gasteiger partial charge in [-0.05, 0) is 54.1 Å². The lowest BCUT2D eigenvalue weighted by Crippen LogP contribution is -2.14. The van der Waals surface area contributed by atoms with Crippen LogP contribution in [0.5, 0.6) is 0 Å². The minimum Gasteiger partial charge on any atom is -0.325 e. The van der Waals surface area contributed by atoms with Crippen LogP contribution in [0.4, 0.5) is 5.69 Å². The molecule has 0 spiro atoms. The number of thioether (sulfide) groups is 1. The molecule has 0 aliphatic heterocycles. The Labute approximate surface area is 182 Å². The van der Waals surface area contributed by atoms with Gasteiger partial charge in [0.2, 0.25) is 5.91 Å². The van der Waals surface area contributed by atoms with Crippen molar-refractivity contribution in [2.24, 2.45) is 0 Å². The van der Waals surface area contributed by atoms with Gasteiger partial charge >= 0.3 is 0 Å². The molecule has 30 heavy (non-hydrogen) atoms. The number of hydroxylamine groups is 1. The molecule has 1 aromatic heterocycles. The first-order chi connectivity index (χ1) is 14.5. The first kappa shape index (κ1) is 21.6. The highest BCUT2D eigenvalue weighted by Gasteiger charge is 2.09. The number of rotatable bonds is 7. The lowest BCUT2D eigenvalue weighted by molar-refractivity contribution is -0.124. The number of carbonyl (C=O) groups is 2. The molecule has 6 nitrogen and oxygen atoms in total. The Morgan fingerprint density at radius 1 is 1.10 bits per heavy atom. The average molecular weight is 440 g/mol. The van der Waals surface area contributed by atoms with E-state index in [1.54, 1.807) is 30.5 Å². The van der Waals surface area contributed by atoms with Gasteiger partial charge in [-0.25, -0.2) is 5.48 Å². The van der Waals surface area contributed by atoms with E-state index in [-0.39, 0.29) is 11.7 Å². The summed E-state index contributed by atoms with van der Waals surface area (Å²) in [4.78, 5) is 28.5. The monoisotopic (exact) mass is 439 g/mol. The molecule has 0 fully saturated rings. The Morgan fingerprint density at radius 3 is 2.60 bits per heavy atom. The van der Waals surface area contributed by atoms with Gasteiger partial charge in [-0.15, -0.1) is 11.8 Å². The highest BCUT2D eigenvalue weighted by Crippen LogP contribution is 2.29. The van der Waals surface area contributed by atoms with E-state index in [4.69, 9.17) is 16.8 Å². The van der Waals surface area contributed by atoms with E-state index < -0.39 is 5.91 Å². The Kier molecular flexibility index (Phi) is 7.62. The highest BCUT2D eigenvalue weighted by atomic mass is 35.5. The van der Waals surface area contributed by atoms with Gasteiger partial charge in [-0.3, -0.25) is 19.8 Å². The summed E-state index contributed by atoms with van der Waals surface area (Å²) >= 11 is 7.67. The molecule has 0 aliphatic rings. The van der Waals surface area contributed by atoms with Crippen LogP contribution in [0, 0.1) is 0 Å². The minimum absolute atomic E-state index is 0.141. The fourth-order valence-electron chi connectivity index (χ4n) is 2.55. The number of nitrogens with zero attached hydrogens (tertiary/aromatic N) is 1. The van der Waals surface area contributed by atoms with Crippen LogP contribution in [0.15, 0.2) is 77.8 Å². The molecule has 0 radical (unpaired) electrons. The predicted octanol–water partition coefficient (Wildman–Crippen LogP) is 4.65. The second-order valence-corrected chi connectivity index (χ2v) is 7.58. The third-order valence-electron chi connectivity index (χ3n) is 3.98. The number of aromatic nitrogens is 1. The maximum Gasteiger partial charge on any atom is 0.267 e. The number of hydrogen-bond acceptors (Lipinski definition) is 5. The lowest BCUT2D eigenvalue weighted by Gasteiger charge is -2.09. The molecule has 0 saturated heterocycles. The summed E-state index contributed by atoms with van der Waals surface area (Å²) in [7, 11) is 0. The van der Waals surface area contributed by atoms with Crippen molar-refractivity contribution in [3.8, 4) is 11.3 Å². The van der Waals surface area contributed by atoms with E-state index in [1.807, 2.05) is 42.5 Å². The molecule has 0 atom stereocenters. The van der Waals surface area contributed by atoms with Gasteiger partial charge in [0.25, 0.3) is 5.91 Å². The van der Waals surface area contributed by atoms with E-state index in [2.05, 4.69) is 10.3 Å².